The lowest BCUT2D eigenvalue weighted by Gasteiger charge is -2.06. The molecule has 1 rings (SSSR count). The Balaban J connectivity index is 2.18. The number of hydrogen-bond acceptors (Lipinski definition) is 2. The molecule has 0 saturated carbocycles. The maximum atomic E-state index is 5.42. The maximum absolute atomic E-state index is 5.42. The van der Waals surface area contributed by atoms with Crippen molar-refractivity contribution < 1.29 is 4.74 Å². The molecule has 0 bridgehead atoms. The van der Waals surface area contributed by atoms with E-state index < -0.39 is 0 Å². The summed E-state index contributed by atoms with van der Waals surface area (Å²) < 4.78 is 5.42. The van der Waals surface area contributed by atoms with Gasteiger partial charge in [-0.05, 0) is 37.1 Å². The first-order chi connectivity index (χ1) is 8.86. The van der Waals surface area contributed by atoms with Crippen molar-refractivity contribution in [3.8, 4) is 18.1 Å². The van der Waals surface area contributed by atoms with Gasteiger partial charge in [0.1, 0.15) is 12.4 Å². The highest BCUT2D eigenvalue weighted by Crippen LogP contribution is 2.11. The van der Waals surface area contributed by atoms with E-state index in [1.54, 1.807) is 6.08 Å². The average molecular weight is 243 g/mol. The van der Waals surface area contributed by atoms with Gasteiger partial charge in [0.05, 0.1) is 0 Å². The van der Waals surface area contributed by atoms with Crippen LogP contribution in [0.2, 0.25) is 0 Å². The molecule has 0 heterocycles. The summed E-state index contributed by atoms with van der Waals surface area (Å²) in [7, 11) is 0. The molecule has 0 amide bonds. The van der Waals surface area contributed by atoms with Crippen molar-refractivity contribution in [3.63, 3.8) is 0 Å². The van der Waals surface area contributed by atoms with Gasteiger partial charge in [-0.25, -0.2) is 0 Å². The van der Waals surface area contributed by atoms with Crippen LogP contribution < -0.4 is 10.1 Å². The molecular weight excluding hydrogens is 222 g/mol. The Labute approximate surface area is 110 Å². The lowest BCUT2D eigenvalue weighted by atomic mass is 10.2. The van der Waals surface area contributed by atoms with Crippen molar-refractivity contribution in [1.82, 2.24) is 5.32 Å². The Morgan fingerprint density at radius 3 is 2.72 bits per heavy atom. The average Bonchev–Trinajstić information content (AvgIpc) is 2.42. The Morgan fingerprint density at radius 2 is 2.06 bits per heavy atom. The van der Waals surface area contributed by atoms with Crippen LogP contribution in [0.5, 0.6) is 5.75 Å². The predicted octanol–water partition coefficient (Wildman–Crippen LogP) is 3.14. The third kappa shape index (κ3) is 6.12. The highest BCUT2D eigenvalue weighted by atomic mass is 16.5. The molecule has 18 heavy (non-hydrogen) atoms. The second-order valence-electron chi connectivity index (χ2n) is 4.08. The summed E-state index contributed by atoms with van der Waals surface area (Å²) in [6.07, 6.45) is 10.0. The Kier molecular flexibility index (Phi) is 7.43. The highest BCUT2D eigenvalue weighted by Gasteiger charge is 1.95. The summed E-state index contributed by atoms with van der Waals surface area (Å²) in [5.41, 5.74) is 1.26. The first kappa shape index (κ1) is 14.3. The third-order valence-electron chi connectivity index (χ3n) is 2.54. The van der Waals surface area contributed by atoms with Crippen LogP contribution >= 0.6 is 0 Å². The summed E-state index contributed by atoms with van der Waals surface area (Å²) in [4.78, 5) is 0. The number of hydrogen-bond donors (Lipinski definition) is 1. The molecule has 0 aromatic heterocycles. The first-order valence-corrected chi connectivity index (χ1v) is 6.33. The van der Waals surface area contributed by atoms with Gasteiger partial charge >= 0.3 is 0 Å². The van der Waals surface area contributed by atoms with Gasteiger partial charge in [-0.3, -0.25) is 0 Å². The predicted molar refractivity (Wildman–Crippen MR) is 76.5 cm³/mol. The van der Waals surface area contributed by atoms with Crippen LogP contribution in [0.4, 0.5) is 0 Å². The zero-order chi connectivity index (χ0) is 13.1. The molecule has 1 N–H and O–H groups in total. The molecule has 0 fully saturated rings. The second kappa shape index (κ2) is 9.32. The first-order valence-electron chi connectivity index (χ1n) is 6.33. The Bertz CT molecular complexity index is 375. The smallest absolute Gasteiger partial charge is 0.119 e. The van der Waals surface area contributed by atoms with Gasteiger partial charge < -0.3 is 10.1 Å². The Hall–Kier alpha value is -1.72. The second-order valence-corrected chi connectivity index (χ2v) is 4.08. The van der Waals surface area contributed by atoms with E-state index in [4.69, 9.17) is 11.2 Å². The maximum Gasteiger partial charge on any atom is 0.119 e. The van der Waals surface area contributed by atoms with Crippen molar-refractivity contribution in [2.75, 3.05) is 13.2 Å². The van der Waals surface area contributed by atoms with Gasteiger partial charge in [0.15, 0.2) is 0 Å². The SMILES string of the molecule is C#CCCCCNCc1ccc(OCC=C)cc1. The quantitative estimate of drug-likeness (QED) is 0.409. The lowest BCUT2D eigenvalue weighted by molar-refractivity contribution is 0.363. The zero-order valence-electron chi connectivity index (χ0n) is 10.8. The van der Waals surface area contributed by atoms with E-state index in [1.165, 1.54) is 5.56 Å². The molecule has 1 aromatic carbocycles. The summed E-state index contributed by atoms with van der Waals surface area (Å²) in [5.74, 6) is 3.53. The van der Waals surface area contributed by atoms with Crippen LogP contribution in [-0.4, -0.2) is 13.2 Å². The van der Waals surface area contributed by atoms with Crippen molar-refractivity contribution >= 4 is 0 Å². The monoisotopic (exact) mass is 243 g/mol. The van der Waals surface area contributed by atoms with Gasteiger partial charge in [0, 0.05) is 13.0 Å². The molecule has 0 saturated heterocycles. The number of rotatable bonds is 9. The normalized spacial score (nSPS) is 9.72. The fourth-order valence-electron chi connectivity index (χ4n) is 1.57. The van der Waals surface area contributed by atoms with Crippen molar-refractivity contribution in [1.29, 1.82) is 0 Å². The summed E-state index contributed by atoms with van der Waals surface area (Å²) >= 11 is 0. The van der Waals surface area contributed by atoms with Gasteiger partial charge in [0.25, 0.3) is 0 Å². The topological polar surface area (TPSA) is 21.3 Å². The van der Waals surface area contributed by atoms with Crippen LogP contribution in [0.25, 0.3) is 0 Å². The van der Waals surface area contributed by atoms with E-state index in [9.17, 15) is 0 Å². The molecule has 0 unspecified atom stereocenters. The molecule has 0 aliphatic carbocycles. The minimum atomic E-state index is 0.548. The third-order valence-corrected chi connectivity index (χ3v) is 2.54. The van der Waals surface area contributed by atoms with Crippen LogP contribution in [0.1, 0.15) is 24.8 Å². The van der Waals surface area contributed by atoms with Gasteiger partial charge in [-0.15, -0.1) is 12.3 Å². The number of unbranched alkanes of at least 4 members (excludes halogenated alkanes) is 2. The standard InChI is InChI=1S/C16H21NO/c1-3-5-6-7-12-17-14-15-8-10-16(11-9-15)18-13-4-2/h1,4,8-11,17H,2,5-7,12-14H2. The molecular formula is C16H21NO. The summed E-state index contributed by atoms with van der Waals surface area (Å²) in [6.45, 7) is 6.06. The van der Waals surface area contributed by atoms with Crippen LogP contribution in [0.3, 0.4) is 0 Å². The summed E-state index contributed by atoms with van der Waals surface area (Å²) in [6, 6.07) is 8.12. The van der Waals surface area contributed by atoms with E-state index in [0.717, 1.165) is 38.1 Å². The molecule has 0 radical (unpaired) electrons. The molecule has 0 aliphatic rings. The fourth-order valence-corrected chi connectivity index (χ4v) is 1.57. The van der Waals surface area contributed by atoms with E-state index in [2.05, 4.69) is 29.9 Å². The minimum Gasteiger partial charge on any atom is -0.490 e. The number of terminal acetylenes is 1. The van der Waals surface area contributed by atoms with E-state index >= 15 is 0 Å². The minimum absolute atomic E-state index is 0.548. The molecule has 96 valence electrons. The van der Waals surface area contributed by atoms with E-state index in [1.807, 2.05) is 12.1 Å². The molecule has 2 heteroatoms. The number of nitrogens with one attached hydrogen (secondary N) is 1. The number of benzene rings is 1. The van der Waals surface area contributed by atoms with Crippen LogP contribution in [-0.2, 0) is 6.54 Å². The fraction of sp³-hybridized carbons (Fsp3) is 0.375. The lowest BCUT2D eigenvalue weighted by Crippen LogP contribution is -2.14. The Morgan fingerprint density at radius 1 is 1.28 bits per heavy atom. The van der Waals surface area contributed by atoms with Crippen LogP contribution in [0, 0.1) is 12.3 Å². The largest absolute Gasteiger partial charge is 0.490 e. The molecule has 0 atom stereocenters. The molecule has 0 aliphatic heterocycles. The van der Waals surface area contributed by atoms with E-state index in [-0.39, 0.29) is 0 Å². The highest BCUT2D eigenvalue weighted by molar-refractivity contribution is 5.27. The van der Waals surface area contributed by atoms with Crippen LogP contribution in [0.15, 0.2) is 36.9 Å². The van der Waals surface area contributed by atoms with Gasteiger partial charge in [-0.1, -0.05) is 24.8 Å². The van der Waals surface area contributed by atoms with Gasteiger partial charge in [-0.2, -0.15) is 0 Å². The van der Waals surface area contributed by atoms with Crippen molar-refractivity contribution in [3.05, 3.63) is 42.5 Å². The van der Waals surface area contributed by atoms with Gasteiger partial charge in [0.2, 0.25) is 0 Å². The molecule has 0 spiro atoms. The van der Waals surface area contributed by atoms with Crippen molar-refractivity contribution in [2.45, 2.75) is 25.8 Å². The summed E-state index contributed by atoms with van der Waals surface area (Å²) in [5, 5.41) is 3.40. The van der Waals surface area contributed by atoms with Crippen molar-refractivity contribution in [2.24, 2.45) is 0 Å². The zero-order valence-corrected chi connectivity index (χ0v) is 10.8. The molecule has 1 aromatic rings. The number of ether oxygens (including phenoxy) is 1. The molecule has 2 nitrogen and oxygen atoms in total. The van der Waals surface area contributed by atoms with E-state index in [0.29, 0.717) is 6.61 Å².